The highest BCUT2D eigenvalue weighted by molar-refractivity contribution is 7.93. The van der Waals surface area contributed by atoms with Crippen molar-refractivity contribution in [2.24, 2.45) is 0 Å². The molecule has 10 heteroatoms. The van der Waals surface area contributed by atoms with Crippen LogP contribution in [0.4, 0.5) is 13.9 Å². The van der Waals surface area contributed by atoms with E-state index in [1.165, 1.54) is 30.5 Å². The van der Waals surface area contributed by atoms with Crippen molar-refractivity contribution in [2.75, 3.05) is 4.72 Å². The Morgan fingerprint density at radius 3 is 2.24 bits per heavy atom. The minimum absolute atomic E-state index is 0.0317. The molecule has 0 fully saturated rings. The van der Waals surface area contributed by atoms with Gasteiger partial charge in [0.05, 0.1) is 10.4 Å². The van der Waals surface area contributed by atoms with Crippen LogP contribution in [0.3, 0.4) is 0 Å². The lowest BCUT2D eigenvalue weighted by Gasteiger charge is -2.27. The van der Waals surface area contributed by atoms with Crippen molar-refractivity contribution in [3.8, 4) is 0 Å². The average molecular weight is 437 g/mol. The minimum Gasteiger partial charge on any atom is -0.343 e. The number of sulfonamides is 1. The number of halogens is 2. The van der Waals surface area contributed by atoms with Gasteiger partial charge in [-0.05, 0) is 55.8 Å². The van der Waals surface area contributed by atoms with Crippen molar-refractivity contribution < 1.29 is 22.0 Å². The van der Waals surface area contributed by atoms with Gasteiger partial charge in [0.15, 0.2) is 5.13 Å². The topological polar surface area (TPSA) is 88.2 Å². The number of benzene rings is 2. The second-order valence-electron chi connectivity index (χ2n) is 6.70. The van der Waals surface area contributed by atoms with E-state index in [1.807, 2.05) is 0 Å². The molecule has 6 nitrogen and oxygen atoms in total. The number of carbonyl (C=O) groups excluding carboxylic acids is 1. The molecular formula is C19H17F2N3O3S2. The van der Waals surface area contributed by atoms with E-state index in [2.05, 4.69) is 15.0 Å². The van der Waals surface area contributed by atoms with Crippen molar-refractivity contribution in [3.05, 3.63) is 76.8 Å². The van der Waals surface area contributed by atoms with E-state index in [9.17, 15) is 22.0 Å². The van der Waals surface area contributed by atoms with Crippen LogP contribution in [0.5, 0.6) is 0 Å². The zero-order valence-corrected chi connectivity index (χ0v) is 17.1. The van der Waals surface area contributed by atoms with Crippen LogP contribution >= 0.6 is 11.3 Å². The summed E-state index contributed by atoms with van der Waals surface area (Å²) >= 11 is 1.14. The number of aromatic nitrogens is 1. The Kier molecular flexibility index (Phi) is 5.67. The van der Waals surface area contributed by atoms with E-state index in [0.29, 0.717) is 0 Å². The maximum Gasteiger partial charge on any atom is 0.263 e. The van der Waals surface area contributed by atoms with Crippen LogP contribution in [0.15, 0.2) is 58.9 Å². The second-order valence-corrected chi connectivity index (χ2v) is 9.28. The summed E-state index contributed by atoms with van der Waals surface area (Å²) in [6, 6.07) is 8.33. The van der Waals surface area contributed by atoms with E-state index < -0.39 is 33.1 Å². The second kappa shape index (κ2) is 7.88. The van der Waals surface area contributed by atoms with Crippen LogP contribution in [0.1, 0.15) is 29.8 Å². The standard InChI is InChI=1S/C19H17F2N3O3S2/c1-19(2,13-9-14(20)11-15(21)10-13)23-17(25)12-3-5-16(6-4-12)29(26,27)24-18-22-7-8-28-18/h3-11H,1-2H3,(H,22,24)(H,23,25). The normalized spacial score (nSPS) is 11.9. The summed E-state index contributed by atoms with van der Waals surface area (Å²) in [6.07, 6.45) is 1.47. The molecule has 0 radical (unpaired) electrons. The van der Waals surface area contributed by atoms with Gasteiger partial charge in [-0.1, -0.05) is 0 Å². The van der Waals surface area contributed by atoms with Gasteiger partial charge in [0.25, 0.3) is 15.9 Å². The number of carbonyl (C=O) groups is 1. The number of thiazole rings is 1. The quantitative estimate of drug-likeness (QED) is 0.613. The molecule has 2 N–H and O–H groups in total. The Morgan fingerprint density at radius 1 is 1.07 bits per heavy atom. The van der Waals surface area contributed by atoms with Crippen LogP contribution in [-0.2, 0) is 15.6 Å². The molecule has 0 aliphatic heterocycles. The monoisotopic (exact) mass is 437 g/mol. The zero-order chi connectivity index (χ0) is 21.2. The molecule has 2 aromatic carbocycles. The molecule has 0 saturated heterocycles. The molecule has 0 atom stereocenters. The van der Waals surface area contributed by atoms with Crippen molar-refractivity contribution >= 4 is 32.4 Å². The molecule has 3 rings (SSSR count). The minimum atomic E-state index is -3.83. The van der Waals surface area contributed by atoms with Crippen molar-refractivity contribution in [3.63, 3.8) is 0 Å². The first-order chi connectivity index (χ1) is 13.6. The summed E-state index contributed by atoms with van der Waals surface area (Å²) in [5.41, 5.74) is -0.602. The fourth-order valence-corrected chi connectivity index (χ4v) is 4.36. The van der Waals surface area contributed by atoms with Crippen LogP contribution in [0, 0.1) is 11.6 Å². The summed E-state index contributed by atoms with van der Waals surface area (Å²) in [6.45, 7) is 3.21. The third-order valence-corrected chi connectivity index (χ3v) is 6.26. The summed E-state index contributed by atoms with van der Waals surface area (Å²) in [4.78, 5) is 16.4. The van der Waals surface area contributed by atoms with Crippen LogP contribution in [-0.4, -0.2) is 19.3 Å². The van der Waals surface area contributed by atoms with Gasteiger partial charge in [0.1, 0.15) is 11.6 Å². The Balaban J connectivity index is 1.76. The van der Waals surface area contributed by atoms with E-state index >= 15 is 0 Å². The van der Waals surface area contributed by atoms with Gasteiger partial charge in [-0.15, -0.1) is 11.3 Å². The number of nitrogens with one attached hydrogen (secondary N) is 2. The molecule has 0 aliphatic rings. The summed E-state index contributed by atoms with van der Waals surface area (Å²) in [5, 5.41) is 4.56. The average Bonchev–Trinajstić information content (AvgIpc) is 3.13. The molecule has 1 heterocycles. The number of hydrogen-bond donors (Lipinski definition) is 2. The van der Waals surface area contributed by atoms with Crippen LogP contribution < -0.4 is 10.0 Å². The van der Waals surface area contributed by atoms with Gasteiger partial charge in [0, 0.05) is 23.2 Å². The molecular weight excluding hydrogens is 420 g/mol. The van der Waals surface area contributed by atoms with Crippen molar-refractivity contribution in [2.45, 2.75) is 24.3 Å². The lowest BCUT2D eigenvalue weighted by Crippen LogP contribution is -2.41. The van der Waals surface area contributed by atoms with Crippen LogP contribution in [0.2, 0.25) is 0 Å². The maximum absolute atomic E-state index is 13.5. The van der Waals surface area contributed by atoms with Crippen molar-refractivity contribution in [1.29, 1.82) is 0 Å². The molecule has 0 unspecified atom stereocenters. The molecule has 3 aromatic rings. The van der Waals surface area contributed by atoms with Gasteiger partial charge < -0.3 is 5.32 Å². The molecule has 1 amide bonds. The van der Waals surface area contributed by atoms with Gasteiger partial charge >= 0.3 is 0 Å². The molecule has 1 aromatic heterocycles. The molecule has 29 heavy (non-hydrogen) atoms. The number of anilines is 1. The smallest absolute Gasteiger partial charge is 0.263 e. The third kappa shape index (κ3) is 4.96. The summed E-state index contributed by atoms with van der Waals surface area (Å²) < 4.78 is 54.0. The predicted octanol–water partition coefficient (Wildman–Crippen LogP) is 3.89. The van der Waals surface area contributed by atoms with Gasteiger partial charge in [-0.2, -0.15) is 0 Å². The first-order valence-corrected chi connectivity index (χ1v) is 10.7. The highest BCUT2D eigenvalue weighted by Crippen LogP contribution is 2.23. The van der Waals surface area contributed by atoms with Gasteiger partial charge in [-0.25, -0.2) is 22.2 Å². The predicted molar refractivity (Wildman–Crippen MR) is 106 cm³/mol. The Bertz CT molecular complexity index is 1110. The van der Waals surface area contributed by atoms with Gasteiger partial charge in [-0.3, -0.25) is 9.52 Å². The summed E-state index contributed by atoms with van der Waals surface area (Å²) in [5.74, 6) is -2.01. The fraction of sp³-hybridized carbons (Fsp3) is 0.158. The largest absolute Gasteiger partial charge is 0.343 e. The summed E-state index contributed by atoms with van der Waals surface area (Å²) in [7, 11) is -3.83. The number of hydrogen-bond acceptors (Lipinski definition) is 5. The zero-order valence-electron chi connectivity index (χ0n) is 15.4. The van der Waals surface area contributed by atoms with E-state index in [0.717, 1.165) is 29.5 Å². The van der Waals surface area contributed by atoms with Gasteiger partial charge in [0.2, 0.25) is 0 Å². The third-order valence-electron chi connectivity index (χ3n) is 4.09. The van der Waals surface area contributed by atoms with Crippen molar-refractivity contribution in [1.82, 2.24) is 10.3 Å². The molecule has 152 valence electrons. The molecule has 0 spiro atoms. The van der Waals surface area contributed by atoms with E-state index in [1.54, 1.807) is 19.2 Å². The molecule has 0 bridgehead atoms. The Morgan fingerprint density at radius 2 is 1.69 bits per heavy atom. The lowest BCUT2D eigenvalue weighted by atomic mass is 9.93. The Hall–Kier alpha value is -2.85. The number of rotatable bonds is 6. The number of amides is 1. The first kappa shape index (κ1) is 20.9. The molecule has 0 saturated carbocycles. The van der Waals surface area contributed by atoms with E-state index in [4.69, 9.17) is 0 Å². The highest BCUT2D eigenvalue weighted by atomic mass is 32.2. The lowest BCUT2D eigenvalue weighted by molar-refractivity contribution is 0.0911. The Labute approximate surface area is 170 Å². The SMILES string of the molecule is CC(C)(NC(=O)c1ccc(S(=O)(=O)Nc2nccs2)cc1)c1cc(F)cc(F)c1. The maximum atomic E-state index is 13.5. The first-order valence-electron chi connectivity index (χ1n) is 8.38. The number of nitrogens with zero attached hydrogens (tertiary/aromatic N) is 1. The molecule has 0 aliphatic carbocycles. The fourth-order valence-electron chi connectivity index (χ4n) is 2.58. The van der Waals surface area contributed by atoms with Crippen LogP contribution in [0.25, 0.3) is 0 Å². The highest BCUT2D eigenvalue weighted by Gasteiger charge is 2.25. The van der Waals surface area contributed by atoms with E-state index in [-0.39, 0.29) is 21.2 Å².